The Labute approximate surface area is 83.7 Å². The standard InChI is InChI=1S/C9H16N4O/c1-14-5-3-2-4-12-9-8(10)6-11-7-13-9/h6-7H,2-5,10H2,1H3,(H,11,12,13). The molecule has 5 heteroatoms. The molecule has 1 rings (SSSR count). The molecule has 5 nitrogen and oxygen atoms in total. The van der Waals surface area contributed by atoms with Crippen LogP contribution in [0, 0.1) is 0 Å². The first-order valence-electron chi connectivity index (χ1n) is 4.63. The summed E-state index contributed by atoms with van der Waals surface area (Å²) in [5.74, 6) is 0.706. The predicted octanol–water partition coefficient (Wildman–Crippen LogP) is 0.897. The van der Waals surface area contributed by atoms with Gasteiger partial charge in [0.2, 0.25) is 0 Å². The van der Waals surface area contributed by atoms with Crippen molar-refractivity contribution in [3.05, 3.63) is 12.5 Å². The van der Waals surface area contributed by atoms with Crippen molar-refractivity contribution >= 4 is 11.5 Å². The highest BCUT2D eigenvalue weighted by Crippen LogP contribution is 2.10. The molecule has 14 heavy (non-hydrogen) atoms. The maximum absolute atomic E-state index is 5.65. The van der Waals surface area contributed by atoms with Crippen LogP contribution in [0.25, 0.3) is 0 Å². The fourth-order valence-corrected chi connectivity index (χ4v) is 1.07. The molecular formula is C9H16N4O. The maximum Gasteiger partial charge on any atom is 0.152 e. The van der Waals surface area contributed by atoms with Gasteiger partial charge in [0.25, 0.3) is 0 Å². The monoisotopic (exact) mass is 196 g/mol. The molecule has 78 valence electrons. The van der Waals surface area contributed by atoms with Crippen molar-refractivity contribution in [3.63, 3.8) is 0 Å². The van der Waals surface area contributed by atoms with Crippen LogP contribution in [0.2, 0.25) is 0 Å². The largest absolute Gasteiger partial charge is 0.394 e. The third kappa shape index (κ3) is 3.57. The summed E-state index contributed by atoms with van der Waals surface area (Å²) in [7, 11) is 1.70. The minimum absolute atomic E-state index is 0.583. The van der Waals surface area contributed by atoms with Crippen molar-refractivity contribution < 1.29 is 4.74 Å². The number of nitrogens with zero attached hydrogens (tertiary/aromatic N) is 2. The molecule has 3 N–H and O–H groups in total. The van der Waals surface area contributed by atoms with Crippen LogP contribution in [-0.2, 0) is 4.74 Å². The zero-order valence-electron chi connectivity index (χ0n) is 8.36. The molecule has 0 aliphatic rings. The van der Waals surface area contributed by atoms with E-state index in [4.69, 9.17) is 10.5 Å². The van der Waals surface area contributed by atoms with Crippen molar-refractivity contribution in [2.45, 2.75) is 12.8 Å². The van der Waals surface area contributed by atoms with Gasteiger partial charge in [-0.25, -0.2) is 9.97 Å². The first kappa shape index (κ1) is 10.7. The highest BCUT2D eigenvalue weighted by atomic mass is 16.5. The summed E-state index contributed by atoms with van der Waals surface area (Å²) in [4.78, 5) is 7.82. The average Bonchev–Trinajstić information content (AvgIpc) is 2.20. The van der Waals surface area contributed by atoms with Crippen LogP contribution in [0.1, 0.15) is 12.8 Å². The van der Waals surface area contributed by atoms with Gasteiger partial charge in [-0.15, -0.1) is 0 Å². The normalized spacial score (nSPS) is 10.1. The van der Waals surface area contributed by atoms with Gasteiger partial charge in [0.05, 0.1) is 11.9 Å². The number of hydrogen-bond acceptors (Lipinski definition) is 5. The van der Waals surface area contributed by atoms with Gasteiger partial charge in [0.1, 0.15) is 6.33 Å². The molecule has 0 aromatic carbocycles. The van der Waals surface area contributed by atoms with E-state index in [1.54, 1.807) is 13.3 Å². The van der Waals surface area contributed by atoms with Gasteiger partial charge < -0.3 is 15.8 Å². The summed E-state index contributed by atoms with van der Waals surface area (Å²) in [5, 5.41) is 3.14. The fraction of sp³-hybridized carbons (Fsp3) is 0.556. The van der Waals surface area contributed by atoms with Crippen molar-refractivity contribution in [2.24, 2.45) is 0 Å². The topological polar surface area (TPSA) is 73.1 Å². The molecule has 0 spiro atoms. The van der Waals surface area contributed by atoms with Crippen LogP contribution in [0.3, 0.4) is 0 Å². The Hall–Kier alpha value is -1.36. The number of nitrogen functional groups attached to an aromatic ring is 1. The van der Waals surface area contributed by atoms with Gasteiger partial charge in [-0.1, -0.05) is 0 Å². The van der Waals surface area contributed by atoms with E-state index in [0.717, 1.165) is 26.0 Å². The summed E-state index contributed by atoms with van der Waals surface area (Å²) < 4.78 is 4.94. The predicted molar refractivity (Wildman–Crippen MR) is 56.0 cm³/mol. The second-order valence-electron chi connectivity index (χ2n) is 2.95. The minimum Gasteiger partial charge on any atom is -0.394 e. The van der Waals surface area contributed by atoms with Crippen molar-refractivity contribution in [2.75, 3.05) is 31.3 Å². The van der Waals surface area contributed by atoms with Gasteiger partial charge >= 0.3 is 0 Å². The molecule has 0 saturated carbocycles. The fourth-order valence-electron chi connectivity index (χ4n) is 1.07. The van der Waals surface area contributed by atoms with E-state index in [-0.39, 0.29) is 0 Å². The van der Waals surface area contributed by atoms with E-state index in [1.807, 2.05) is 0 Å². The number of nitrogens with one attached hydrogen (secondary N) is 1. The maximum atomic E-state index is 5.65. The minimum atomic E-state index is 0.583. The number of rotatable bonds is 6. The molecule has 1 heterocycles. The Balaban J connectivity index is 2.21. The number of ether oxygens (including phenoxy) is 1. The van der Waals surface area contributed by atoms with Gasteiger partial charge in [-0.05, 0) is 12.8 Å². The molecule has 0 bridgehead atoms. The van der Waals surface area contributed by atoms with Crippen LogP contribution in [-0.4, -0.2) is 30.2 Å². The van der Waals surface area contributed by atoms with E-state index in [2.05, 4.69) is 15.3 Å². The Morgan fingerprint density at radius 1 is 1.50 bits per heavy atom. The SMILES string of the molecule is COCCCCNc1ncncc1N. The molecular weight excluding hydrogens is 180 g/mol. The molecule has 0 saturated heterocycles. The molecule has 0 aliphatic heterocycles. The van der Waals surface area contributed by atoms with Crippen LogP contribution in [0.15, 0.2) is 12.5 Å². The number of aromatic nitrogens is 2. The number of hydrogen-bond donors (Lipinski definition) is 2. The third-order valence-electron chi connectivity index (χ3n) is 1.81. The first-order valence-corrected chi connectivity index (χ1v) is 4.63. The van der Waals surface area contributed by atoms with Gasteiger partial charge in [0.15, 0.2) is 5.82 Å². The quantitative estimate of drug-likeness (QED) is 0.661. The molecule has 0 unspecified atom stereocenters. The molecule has 0 aliphatic carbocycles. The summed E-state index contributed by atoms with van der Waals surface area (Å²) in [6, 6.07) is 0. The van der Waals surface area contributed by atoms with Crippen LogP contribution < -0.4 is 11.1 Å². The molecule has 0 atom stereocenters. The smallest absolute Gasteiger partial charge is 0.152 e. The van der Waals surface area contributed by atoms with E-state index < -0.39 is 0 Å². The van der Waals surface area contributed by atoms with Crippen molar-refractivity contribution in [1.29, 1.82) is 0 Å². The Morgan fingerprint density at radius 2 is 2.36 bits per heavy atom. The lowest BCUT2D eigenvalue weighted by Crippen LogP contribution is -2.07. The Bertz CT molecular complexity index is 267. The molecule has 1 aromatic heterocycles. The van der Waals surface area contributed by atoms with E-state index in [1.165, 1.54) is 6.33 Å². The van der Waals surface area contributed by atoms with Crippen LogP contribution >= 0.6 is 0 Å². The number of anilines is 2. The van der Waals surface area contributed by atoms with E-state index in [0.29, 0.717) is 11.5 Å². The Morgan fingerprint density at radius 3 is 3.07 bits per heavy atom. The van der Waals surface area contributed by atoms with Gasteiger partial charge in [-0.2, -0.15) is 0 Å². The third-order valence-corrected chi connectivity index (χ3v) is 1.81. The van der Waals surface area contributed by atoms with E-state index in [9.17, 15) is 0 Å². The first-order chi connectivity index (χ1) is 6.84. The van der Waals surface area contributed by atoms with Gasteiger partial charge in [0, 0.05) is 20.3 Å². The number of nitrogens with two attached hydrogens (primary N) is 1. The molecule has 0 amide bonds. The lowest BCUT2D eigenvalue weighted by Gasteiger charge is -2.06. The highest BCUT2D eigenvalue weighted by Gasteiger charge is 1.97. The summed E-state index contributed by atoms with van der Waals surface area (Å²) >= 11 is 0. The average molecular weight is 196 g/mol. The van der Waals surface area contributed by atoms with E-state index >= 15 is 0 Å². The summed E-state index contributed by atoms with van der Waals surface area (Å²) in [6.45, 7) is 1.64. The molecule has 0 fully saturated rings. The summed E-state index contributed by atoms with van der Waals surface area (Å²) in [6.07, 6.45) is 5.14. The highest BCUT2D eigenvalue weighted by molar-refractivity contribution is 5.58. The zero-order valence-corrected chi connectivity index (χ0v) is 8.36. The van der Waals surface area contributed by atoms with Crippen LogP contribution in [0.5, 0.6) is 0 Å². The lowest BCUT2D eigenvalue weighted by atomic mass is 10.3. The van der Waals surface area contributed by atoms with Crippen molar-refractivity contribution in [1.82, 2.24) is 9.97 Å². The number of unbranched alkanes of at least 4 members (excludes halogenated alkanes) is 1. The zero-order chi connectivity index (χ0) is 10.2. The second-order valence-corrected chi connectivity index (χ2v) is 2.95. The van der Waals surface area contributed by atoms with Gasteiger partial charge in [-0.3, -0.25) is 0 Å². The Kier molecular flexibility index (Phi) is 4.71. The molecule has 1 aromatic rings. The van der Waals surface area contributed by atoms with Crippen molar-refractivity contribution in [3.8, 4) is 0 Å². The second kappa shape index (κ2) is 6.15. The molecule has 0 radical (unpaired) electrons. The van der Waals surface area contributed by atoms with Crippen LogP contribution in [0.4, 0.5) is 11.5 Å². The number of methoxy groups -OCH3 is 1. The summed E-state index contributed by atoms with van der Waals surface area (Å²) in [5.41, 5.74) is 6.23. The lowest BCUT2D eigenvalue weighted by molar-refractivity contribution is 0.194.